The zero-order valence-corrected chi connectivity index (χ0v) is 17.3. The highest BCUT2D eigenvalue weighted by molar-refractivity contribution is 6.30. The van der Waals surface area contributed by atoms with Gasteiger partial charge in [-0.15, -0.1) is 0 Å². The van der Waals surface area contributed by atoms with Gasteiger partial charge in [0.05, 0.1) is 5.71 Å². The summed E-state index contributed by atoms with van der Waals surface area (Å²) in [6.07, 6.45) is 6.60. The van der Waals surface area contributed by atoms with Gasteiger partial charge in [0.15, 0.2) is 6.61 Å². The van der Waals surface area contributed by atoms with Crippen LogP contribution in [0, 0.1) is 6.92 Å². The molecule has 3 rings (SSSR count). The van der Waals surface area contributed by atoms with E-state index in [0.717, 1.165) is 16.8 Å². The zero-order valence-electron chi connectivity index (χ0n) is 16.5. The van der Waals surface area contributed by atoms with Gasteiger partial charge in [-0.05, 0) is 67.5 Å². The Labute approximate surface area is 171 Å². The van der Waals surface area contributed by atoms with Crippen molar-refractivity contribution in [2.24, 2.45) is 5.10 Å². The lowest BCUT2D eigenvalue weighted by atomic mass is 9.84. The predicted molar refractivity (Wildman–Crippen MR) is 114 cm³/mol. The van der Waals surface area contributed by atoms with Gasteiger partial charge >= 0.3 is 0 Å². The minimum absolute atomic E-state index is 0.0974. The smallest absolute Gasteiger partial charge is 0.277 e. The molecule has 2 aromatic carbocycles. The van der Waals surface area contributed by atoms with E-state index in [2.05, 4.69) is 34.8 Å². The van der Waals surface area contributed by atoms with Gasteiger partial charge < -0.3 is 4.74 Å². The van der Waals surface area contributed by atoms with Crippen LogP contribution in [-0.4, -0.2) is 18.2 Å². The Balaban J connectivity index is 1.52. The first-order valence-electron chi connectivity index (χ1n) is 9.85. The summed E-state index contributed by atoms with van der Waals surface area (Å²) in [7, 11) is 0. The van der Waals surface area contributed by atoms with Crippen molar-refractivity contribution in [1.29, 1.82) is 0 Å². The molecule has 28 heavy (non-hydrogen) atoms. The van der Waals surface area contributed by atoms with Gasteiger partial charge in [-0.3, -0.25) is 4.79 Å². The molecule has 0 radical (unpaired) electrons. The van der Waals surface area contributed by atoms with E-state index in [4.69, 9.17) is 16.3 Å². The molecule has 0 aromatic heterocycles. The number of carbonyl (C=O) groups excluding carboxylic acids is 1. The molecule has 2 aromatic rings. The average molecular weight is 399 g/mol. The molecule has 148 valence electrons. The van der Waals surface area contributed by atoms with Crippen molar-refractivity contribution in [3.05, 3.63) is 64.2 Å². The lowest BCUT2D eigenvalue weighted by Crippen LogP contribution is -2.25. The molecule has 1 saturated carbocycles. The molecular weight excluding hydrogens is 372 g/mol. The van der Waals surface area contributed by atoms with Gasteiger partial charge in [-0.1, -0.05) is 55.1 Å². The molecule has 1 aliphatic carbocycles. The maximum atomic E-state index is 12.0. The standard InChI is InChI=1S/C23H27ClN2O2/c1-16-14-21(24)12-13-22(16)28-15-23(27)26-25-17(2)18-8-10-20(11-9-18)19-6-4-3-5-7-19/h8-14,19H,3-7,15H2,1-2H3,(H,26,27). The van der Waals surface area contributed by atoms with E-state index in [0.29, 0.717) is 16.7 Å². The molecule has 0 spiro atoms. The highest BCUT2D eigenvalue weighted by Gasteiger charge is 2.15. The number of ether oxygens (including phenoxy) is 1. The Morgan fingerprint density at radius 1 is 1.14 bits per heavy atom. The molecule has 0 atom stereocenters. The van der Waals surface area contributed by atoms with Crippen molar-refractivity contribution in [2.45, 2.75) is 51.9 Å². The minimum atomic E-state index is -0.299. The van der Waals surface area contributed by atoms with Crippen LogP contribution in [0.4, 0.5) is 0 Å². The van der Waals surface area contributed by atoms with Crippen molar-refractivity contribution in [3.8, 4) is 5.75 Å². The molecular formula is C23H27ClN2O2. The van der Waals surface area contributed by atoms with Gasteiger partial charge in [0, 0.05) is 5.02 Å². The van der Waals surface area contributed by atoms with Gasteiger partial charge in [-0.2, -0.15) is 5.10 Å². The maximum absolute atomic E-state index is 12.0. The largest absolute Gasteiger partial charge is 0.483 e. The van der Waals surface area contributed by atoms with Crippen molar-refractivity contribution < 1.29 is 9.53 Å². The number of hydrogen-bond donors (Lipinski definition) is 1. The first kappa shape index (κ1) is 20.4. The lowest BCUT2D eigenvalue weighted by Gasteiger charge is -2.22. The molecule has 0 aliphatic heterocycles. The summed E-state index contributed by atoms with van der Waals surface area (Å²) in [6, 6.07) is 13.9. The second-order valence-electron chi connectivity index (χ2n) is 7.39. The third-order valence-corrected chi connectivity index (χ3v) is 5.48. The number of halogens is 1. The Bertz CT molecular complexity index is 840. The summed E-state index contributed by atoms with van der Waals surface area (Å²) in [5.41, 5.74) is 6.63. The summed E-state index contributed by atoms with van der Waals surface area (Å²) in [4.78, 5) is 12.0. The molecule has 1 amide bonds. The highest BCUT2D eigenvalue weighted by atomic mass is 35.5. The predicted octanol–water partition coefficient (Wildman–Crippen LogP) is 5.62. The minimum Gasteiger partial charge on any atom is -0.483 e. The van der Waals surface area contributed by atoms with Gasteiger partial charge in [-0.25, -0.2) is 5.43 Å². The molecule has 0 saturated heterocycles. The van der Waals surface area contributed by atoms with E-state index < -0.39 is 0 Å². The number of hydrogen-bond acceptors (Lipinski definition) is 3. The summed E-state index contributed by atoms with van der Waals surface area (Å²) >= 11 is 5.92. The number of rotatable bonds is 6. The summed E-state index contributed by atoms with van der Waals surface area (Å²) in [5.74, 6) is 1.03. The summed E-state index contributed by atoms with van der Waals surface area (Å²) < 4.78 is 5.53. The van der Waals surface area contributed by atoms with E-state index in [1.54, 1.807) is 18.2 Å². The van der Waals surface area contributed by atoms with Crippen LogP contribution < -0.4 is 10.2 Å². The van der Waals surface area contributed by atoms with Crippen molar-refractivity contribution >= 4 is 23.2 Å². The van der Waals surface area contributed by atoms with Crippen LogP contribution >= 0.6 is 11.6 Å². The van der Waals surface area contributed by atoms with E-state index in [9.17, 15) is 4.79 Å². The average Bonchev–Trinajstić information content (AvgIpc) is 2.72. The first-order valence-corrected chi connectivity index (χ1v) is 10.2. The second kappa shape index (κ2) is 9.74. The molecule has 1 aliphatic rings. The molecule has 1 N–H and O–H groups in total. The van der Waals surface area contributed by atoms with Crippen LogP contribution in [0.2, 0.25) is 5.02 Å². The van der Waals surface area contributed by atoms with Crippen molar-refractivity contribution in [3.63, 3.8) is 0 Å². The summed E-state index contributed by atoms with van der Waals surface area (Å²) in [6.45, 7) is 3.68. The normalized spacial score (nSPS) is 15.3. The fraction of sp³-hybridized carbons (Fsp3) is 0.391. The van der Waals surface area contributed by atoms with Gasteiger partial charge in [0.2, 0.25) is 0 Å². The van der Waals surface area contributed by atoms with Crippen molar-refractivity contribution in [1.82, 2.24) is 5.43 Å². The van der Waals surface area contributed by atoms with Gasteiger partial charge in [0.25, 0.3) is 5.91 Å². The van der Waals surface area contributed by atoms with Crippen LogP contribution in [0.1, 0.15) is 61.6 Å². The number of nitrogens with one attached hydrogen (secondary N) is 1. The number of amides is 1. The molecule has 0 heterocycles. The van der Waals surface area contributed by atoms with E-state index in [1.165, 1.54) is 37.7 Å². The van der Waals surface area contributed by atoms with E-state index >= 15 is 0 Å². The number of aryl methyl sites for hydroxylation is 1. The van der Waals surface area contributed by atoms with E-state index in [1.807, 2.05) is 13.8 Å². The molecule has 0 bridgehead atoms. The van der Waals surface area contributed by atoms with Crippen LogP contribution in [0.25, 0.3) is 0 Å². The Hall–Kier alpha value is -2.33. The SMILES string of the molecule is CC(=NNC(=O)COc1ccc(Cl)cc1C)c1ccc(C2CCCCC2)cc1. The lowest BCUT2D eigenvalue weighted by molar-refractivity contribution is -0.123. The highest BCUT2D eigenvalue weighted by Crippen LogP contribution is 2.32. The van der Waals surface area contributed by atoms with Gasteiger partial charge in [0.1, 0.15) is 5.75 Å². The first-order chi connectivity index (χ1) is 13.5. The quantitative estimate of drug-likeness (QED) is 0.507. The van der Waals surface area contributed by atoms with Crippen LogP contribution in [-0.2, 0) is 4.79 Å². The Morgan fingerprint density at radius 3 is 2.54 bits per heavy atom. The monoisotopic (exact) mass is 398 g/mol. The fourth-order valence-corrected chi connectivity index (χ4v) is 3.82. The Morgan fingerprint density at radius 2 is 1.86 bits per heavy atom. The molecule has 0 unspecified atom stereocenters. The molecule has 1 fully saturated rings. The summed E-state index contributed by atoms with van der Waals surface area (Å²) in [5, 5.41) is 4.84. The molecule has 5 heteroatoms. The maximum Gasteiger partial charge on any atom is 0.277 e. The number of nitrogens with zero attached hydrogens (tertiary/aromatic N) is 1. The number of benzene rings is 2. The molecule has 4 nitrogen and oxygen atoms in total. The number of hydrazone groups is 1. The number of carbonyl (C=O) groups is 1. The Kier molecular flexibility index (Phi) is 7.10. The van der Waals surface area contributed by atoms with Crippen LogP contribution in [0.5, 0.6) is 5.75 Å². The topological polar surface area (TPSA) is 50.7 Å². The van der Waals surface area contributed by atoms with Crippen LogP contribution in [0.3, 0.4) is 0 Å². The van der Waals surface area contributed by atoms with E-state index in [-0.39, 0.29) is 12.5 Å². The third-order valence-electron chi connectivity index (χ3n) is 5.25. The zero-order chi connectivity index (χ0) is 19.9. The van der Waals surface area contributed by atoms with Crippen molar-refractivity contribution in [2.75, 3.05) is 6.61 Å². The fourth-order valence-electron chi connectivity index (χ4n) is 3.59. The third kappa shape index (κ3) is 5.59. The second-order valence-corrected chi connectivity index (χ2v) is 7.82. The van der Waals surface area contributed by atoms with Crippen LogP contribution in [0.15, 0.2) is 47.6 Å².